The first-order valence-electron chi connectivity index (χ1n) is 7.05. The summed E-state index contributed by atoms with van der Waals surface area (Å²) < 4.78 is 7.76. The predicted octanol–water partition coefficient (Wildman–Crippen LogP) is 1.68. The number of nitrogens with one attached hydrogen (secondary N) is 1. The van der Waals surface area contributed by atoms with Gasteiger partial charge < -0.3 is 19.7 Å². The summed E-state index contributed by atoms with van der Waals surface area (Å²) in [5.41, 5.74) is 0.365. The smallest absolute Gasteiger partial charge is 0.0871 e. The number of hydrogen-bond acceptors (Lipinski definition) is 3. The van der Waals surface area contributed by atoms with Crippen LogP contribution in [0.25, 0.3) is 0 Å². The predicted molar refractivity (Wildman–Crippen MR) is 75.9 cm³/mol. The maximum Gasteiger partial charge on any atom is 0.0871 e. The van der Waals surface area contributed by atoms with E-state index in [-0.39, 0.29) is 11.5 Å². The first-order chi connectivity index (χ1) is 8.90. The van der Waals surface area contributed by atoms with Crippen LogP contribution in [0.5, 0.6) is 0 Å². The van der Waals surface area contributed by atoms with Crippen LogP contribution in [-0.2, 0) is 18.3 Å². The minimum Gasteiger partial charge on any atom is -0.388 e. The van der Waals surface area contributed by atoms with Crippen molar-refractivity contribution in [2.24, 2.45) is 12.5 Å². The lowest BCUT2D eigenvalue weighted by Crippen LogP contribution is -2.68. The molecular weight excluding hydrogens is 240 g/mol. The van der Waals surface area contributed by atoms with Crippen LogP contribution >= 0.6 is 0 Å². The lowest BCUT2D eigenvalue weighted by atomic mass is 9.56. The Morgan fingerprint density at radius 1 is 1.53 bits per heavy atom. The molecule has 0 amide bonds. The molecule has 0 saturated heterocycles. The van der Waals surface area contributed by atoms with Crippen LogP contribution in [0, 0.1) is 5.41 Å². The zero-order valence-corrected chi connectivity index (χ0v) is 12.4. The monoisotopic (exact) mass is 266 g/mol. The minimum absolute atomic E-state index is 0.166. The Hall–Kier alpha value is -0.840. The maximum absolute atomic E-state index is 10.7. The molecule has 19 heavy (non-hydrogen) atoms. The molecule has 2 rings (SSSR count). The highest BCUT2D eigenvalue weighted by atomic mass is 16.5. The molecule has 0 aliphatic heterocycles. The summed E-state index contributed by atoms with van der Waals surface area (Å²) in [7, 11) is 2.03. The molecule has 4 heteroatoms. The SMILES string of the molecule is CCOC1CC(O)(CNCc2cccn2C)C1(C)C. The Morgan fingerprint density at radius 2 is 2.26 bits per heavy atom. The van der Waals surface area contributed by atoms with Crippen molar-refractivity contribution < 1.29 is 9.84 Å². The first-order valence-corrected chi connectivity index (χ1v) is 7.05. The summed E-state index contributed by atoms with van der Waals surface area (Å²) >= 11 is 0. The second-order valence-corrected chi connectivity index (χ2v) is 6.12. The van der Waals surface area contributed by atoms with Gasteiger partial charge in [0.15, 0.2) is 0 Å². The summed E-state index contributed by atoms with van der Waals surface area (Å²) in [6.45, 7) is 8.26. The van der Waals surface area contributed by atoms with Crippen LogP contribution in [-0.4, -0.2) is 34.5 Å². The average molecular weight is 266 g/mol. The van der Waals surface area contributed by atoms with E-state index in [0.29, 0.717) is 19.6 Å². The van der Waals surface area contributed by atoms with E-state index in [4.69, 9.17) is 4.74 Å². The standard InChI is InChI=1S/C15H26N2O2/c1-5-19-13-9-15(18,14(13,2)3)11-16-10-12-7-6-8-17(12)4/h6-8,13,16,18H,5,9-11H2,1-4H3. The number of aryl methyl sites for hydroxylation is 1. The van der Waals surface area contributed by atoms with E-state index in [1.54, 1.807) is 0 Å². The number of hydrogen-bond donors (Lipinski definition) is 2. The van der Waals surface area contributed by atoms with Gasteiger partial charge in [-0.05, 0) is 19.1 Å². The molecule has 2 unspecified atom stereocenters. The molecule has 4 nitrogen and oxygen atoms in total. The van der Waals surface area contributed by atoms with Crippen molar-refractivity contribution in [3.05, 3.63) is 24.0 Å². The third kappa shape index (κ3) is 2.57. The number of aromatic nitrogens is 1. The lowest BCUT2D eigenvalue weighted by Gasteiger charge is -2.58. The van der Waals surface area contributed by atoms with E-state index < -0.39 is 5.60 Å². The molecule has 1 aromatic rings. The fourth-order valence-corrected chi connectivity index (χ4v) is 2.84. The molecule has 1 aliphatic rings. The summed E-state index contributed by atoms with van der Waals surface area (Å²) in [4.78, 5) is 0. The number of ether oxygens (including phenoxy) is 1. The van der Waals surface area contributed by atoms with E-state index in [9.17, 15) is 5.11 Å². The van der Waals surface area contributed by atoms with Crippen LogP contribution in [0.3, 0.4) is 0 Å². The fourth-order valence-electron chi connectivity index (χ4n) is 2.84. The third-order valence-electron chi connectivity index (χ3n) is 4.67. The number of nitrogens with zero attached hydrogens (tertiary/aromatic N) is 1. The van der Waals surface area contributed by atoms with E-state index in [1.165, 1.54) is 5.69 Å². The number of rotatable bonds is 6. The van der Waals surface area contributed by atoms with Crippen LogP contribution in [0.4, 0.5) is 0 Å². The van der Waals surface area contributed by atoms with Gasteiger partial charge in [0.2, 0.25) is 0 Å². The lowest BCUT2D eigenvalue weighted by molar-refractivity contribution is -0.238. The highest BCUT2D eigenvalue weighted by molar-refractivity contribution is 5.12. The van der Waals surface area contributed by atoms with Crippen LogP contribution < -0.4 is 5.32 Å². The van der Waals surface area contributed by atoms with Crippen LogP contribution in [0.15, 0.2) is 18.3 Å². The molecule has 1 saturated carbocycles. The second-order valence-electron chi connectivity index (χ2n) is 6.12. The summed E-state index contributed by atoms with van der Waals surface area (Å²) in [5, 5.41) is 14.0. The average Bonchev–Trinajstić information content (AvgIpc) is 2.75. The van der Waals surface area contributed by atoms with Crippen LogP contribution in [0.1, 0.15) is 32.9 Å². The molecule has 0 bridgehead atoms. The maximum atomic E-state index is 10.7. The fraction of sp³-hybridized carbons (Fsp3) is 0.733. The molecule has 0 spiro atoms. The van der Waals surface area contributed by atoms with Crippen molar-refractivity contribution in [2.75, 3.05) is 13.2 Å². The van der Waals surface area contributed by atoms with Gasteiger partial charge in [0.1, 0.15) is 0 Å². The minimum atomic E-state index is -0.669. The Morgan fingerprint density at radius 3 is 2.79 bits per heavy atom. The van der Waals surface area contributed by atoms with Crippen molar-refractivity contribution in [3.8, 4) is 0 Å². The van der Waals surface area contributed by atoms with E-state index in [1.807, 2.05) is 26.2 Å². The van der Waals surface area contributed by atoms with Gasteiger partial charge in [0.05, 0.1) is 11.7 Å². The van der Waals surface area contributed by atoms with Gasteiger partial charge in [-0.15, -0.1) is 0 Å². The molecule has 0 radical (unpaired) electrons. The molecule has 108 valence electrons. The van der Waals surface area contributed by atoms with Crippen molar-refractivity contribution >= 4 is 0 Å². The number of aliphatic hydroxyl groups is 1. The quantitative estimate of drug-likeness (QED) is 0.823. The topological polar surface area (TPSA) is 46.4 Å². The Bertz CT molecular complexity index is 428. The highest BCUT2D eigenvalue weighted by Crippen LogP contribution is 2.50. The molecule has 2 atom stereocenters. The molecular formula is C15H26N2O2. The second kappa shape index (κ2) is 5.27. The third-order valence-corrected chi connectivity index (χ3v) is 4.67. The zero-order valence-electron chi connectivity index (χ0n) is 12.4. The van der Waals surface area contributed by atoms with Gasteiger partial charge in [-0.2, -0.15) is 0 Å². The summed E-state index contributed by atoms with van der Waals surface area (Å²) in [6, 6.07) is 4.12. The molecule has 1 heterocycles. The zero-order chi connectivity index (χ0) is 14.1. The largest absolute Gasteiger partial charge is 0.388 e. The van der Waals surface area contributed by atoms with Crippen molar-refractivity contribution in [2.45, 2.75) is 45.4 Å². The Balaban J connectivity index is 1.85. The van der Waals surface area contributed by atoms with Gasteiger partial charge in [-0.1, -0.05) is 13.8 Å². The molecule has 1 aromatic heterocycles. The summed E-state index contributed by atoms with van der Waals surface area (Å²) in [5.74, 6) is 0. The highest BCUT2D eigenvalue weighted by Gasteiger charge is 2.59. The Labute approximate surface area is 115 Å². The Kier molecular flexibility index (Phi) is 4.04. The van der Waals surface area contributed by atoms with Crippen LogP contribution in [0.2, 0.25) is 0 Å². The first kappa shape index (κ1) is 14.6. The van der Waals surface area contributed by atoms with Crippen molar-refractivity contribution in [1.29, 1.82) is 0 Å². The normalized spacial score (nSPS) is 29.2. The van der Waals surface area contributed by atoms with Gasteiger partial charge in [-0.3, -0.25) is 0 Å². The molecule has 1 aliphatic carbocycles. The van der Waals surface area contributed by atoms with Gasteiger partial charge in [-0.25, -0.2) is 0 Å². The van der Waals surface area contributed by atoms with Crippen molar-refractivity contribution in [3.63, 3.8) is 0 Å². The van der Waals surface area contributed by atoms with Gasteiger partial charge in [0, 0.05) is 50.5 Å². The molecule has 2 N–H and O–H groups in total. The molecule has 1 fully saturated rings. The van der Waals surface area contributed by atoms with E-state index in [2.05, 4.69) is 29.8 Å². The van der Waals surface area contributed by atoms with E-state index >= 15 is 0 Å². The molecule has 0 aromatic carbocycles. The van der Waals surface area contributed by atoms with E-state index in [0.717, 1.165) is 6.54 Å². The van der Waals surface area contributed by atoms with Crippen molar-refractivity contribution in [1.82, 2.24) is 9.88 Å². The summed E-state index contributed by atoms with van der Waals surface area (Å²) in [6.07, 6.45) is 2.91. The van der Waals surface area contributed by atoms with Gasteiger partial charge in [0.25, 0.3) is 0 Å². The van der Waals surface area contributed by atoms with Gasteiger partial charge >= 0.3 is 0 Å².